The number of nitrogens with zero attached hydrogens (tertiary/aromatic N) is 5. The molecule has 2 aliphatic rings. The van der Waals surface area contributed by atoms with Crippen LogP contribution in [-0.2, 0) is 9.53 Å². The molecule has 27 heavy (non-hydrogen) atoms. The molecular formula is C16H21N7O4. The van der Waals surface area contributed by atoms with Crippen LogP contribution in [0.5, 0.6) is 0 Å². The van der Waals surface area contributed by atoms with Crippen molar-refractivity contribution in [1.29, 1.82) is 0 Å². The summed E-state index contributed by atoms with van der Waals surface area (Å²) in [6.07, 6.45) is 2.21. The van der Waals surface area contributed by atoms with Gasteiger partial charge in [-0.3, -0.25) is 9.36 Å². The van der Waals surface area contributed by atoms with E-state index in [0.29, 0.717) is 11.2 Å². The summed E-state index contributed by atoms with van der Waals surface area (Å²) in [6, 6.07) is -0.151. The summed E-state index contributed by atoms with van der Waals surface area (Å²) in [5, 5.41) is 23.6. The lowest BCUT2D eigenvalue weighted by Gasteiger charge is -2.26. The highest BCUT2D eigenvalue weighted by Gasteiger charge is 2.48. The summed E-state index contributed by atoms with van der Waals surface area (Å²) in [6.45, 7) is 0.808. The molecule has 1 saturated heterocycles. The van der Waals surface area contributed by atoms with E-state index in [2.05, 4.69) is 20.3 Å². The van der Waals surface area contributed by atoms with E-state index in [1.54, 1.807) is 0 Å². The molecule has 2 aliphatic heterocycles. The lowest BCUT2D eigenvalue weighted by atomic mass is 10.1. The van der Waals surface area contributed by atoms with Gasteiger partial charge in [0.05, 0.1) is 12.4 Å². The lowest BCUT2D eigenvalue weighted by Crippen LogP contribution is -2.47. The Balaban J connectivity index is 1.53. The average Bonchev–Trinajstić information content (AvgIpc) is 3.20. The normalized spacial score (nSPS) is 30.8. The van der Waals surface area contributed by atoms with Gasteiger partial charge in [0, 0.05) is 13.6 Å². The van der Waals surface area contributed by atoms with E-state index < -0.39 is 30.4 Å². The zero-order valence-corrected chi connectivity index (χ0v) is 14.6. The fraction of sp³-hybridized carbons (Fsp3) is 0.500. The number of nitrogen functional groups attached to an aromatic ring is 1. The minimum Gasteiger partial charge on any atom is -0.387 e. The van der Waals surface area contributed by atoms with Crippen molar-refractivity contribution in [2.45, 2.75) is 37.0 Å². The molecule has 2 aromatic rings. The van der Waals surface area contributed by atoms with Crippen molar-refractivity contribution in [1.82, 2.24) is 29.7 Å². The number of carbonyl (C=O) groups excluding carboxylic acids is 1. The van der Waals surface area contributed by atoms with Crippen LogP contribution in [-0.4, -0.2) is 78.5 Å². The summed E-state index contributed by atoms with van der Waals surface area (Å²) >= 11 is 0. The molecule has 11 heteroatoms. The van der Waals surface area contributed by atoms with Gasteiger partial charge >= 0.3 is 0 Å². The highest BCUT2D eigenvalue weighted by Crippen LogP contribution is 2.32. The number of nitrogens with two attached hydrogens (primary N) is 1. The maximum Gasteiger partial charge on any atom is 0.252 e. The molecule has 0 unspecified atom stereocenters. The van der Waals surface area contributed by atoms with Crippen molar-refractivity contribution in [2.75, 3.05) is 19.3 Å². The second-order valence-corrected chi connectivity index (χ2v) is 6.74. The number of rotatable bonds is 3. The third-order valence-electron chi connectivity index (χ3n) is 4.85. The second-order valence-electron chi connectivity index (χ2n) is 6.74. The number of nitrogens with one attached hydrogen (secondary N) is 1. The van der Waals surface area contributed by atoms with Gasteiger partial charge in [-0.15, -0.1) is 0 Å². The van der Waals surface area contributed by atoms with Crippen LogP contribution >= 0.6 is 0 Å². The highest BCUT2D eigenvalue weighted by atomic mass is 16.6. The van der Waals surface area contributed by atoms with Gasteiger partial charge in [-0.1, -0.05) is 0 Å². The number of imidazole rings is 1. The minimum absolute atomic E-state index is 0.151. The van der Waals surface area contributed by atoms with Gasteiger partial charge < -0.3 is 30.9 Å². The molecule has 0 aliphatic carbocycles. The Morgan fingerprint density at radius 2 is 2.15 bits per heavy atom. The predicted octanol–water partition coefficient (Wildman–Crippen LogP) is -1.64. The van der Waals surface area contributed by atoms with Crippen molar-refractivity contribution in [2.24, 2.45) is 0 Å². The maximum absolute atomic E-state index is 12.6. The lowest BCUT2D eigenvalue weighted by molar-refractivity contribution is -0.138. The van der Waals surface area contributed by atoms with E-state index in [-0.39, 0.29) is 11.9 Å². The average molecular weight is 375 g/mol. The first-order valence-electron chi connectivity index (χ1n) is 8.59. The number of anilines is 1. The predicted molar refractivity (Wildman–Crippen MR) is 94.0 cm³/mol. The number of ether oxygens (including phenoxy) is 1. The molecule has 144 valence electrons. The molecule has 11 nitrogen and oxygen atoms in total. The number of aliphatic hydroxyl groups excluding tert-OH is 2. The third kappa shape index (κ3) is 3.09. The van der Waals surface area contributed by atoms with Crippen LogP contribution in [0.3, 0.4) is 0 Å². The molecule has 2 aromatic heterocycles. The van der Waals surface area contributed by atoms with Crippen LogP contribution in [0.25, 0.3) is 11.2 Å². The fourth-order valence-electron chi connectivity index (χ4n) is 3.31. The Morgan fingerprint density at radius 3 is 2.89 bits per heavy atom. The number of aromatic nitrogens is 4. The summed E-state index contributed by atoms with van der Waals surface area (Å²) < 4.78 is 7.11. The molecule has 1 amide bonds. The van der Waals surface area contributed by atoms with Gasteiger partial charge in [-0.25, -0.2) is 15.0 Å². The number of hydrogen-bond donors (Lipinski definition) is 4. The molecule has 0 aromatic carbocycles. The van der Waals surface area contributed by atoms with E-state index in [4.69, 9.17) is 10.5 Å². The van der Waals surface area contributed by atoms with Crippen LogP contribution in [0.1, 0.15) is 12.6 Å². The van der Waals surface area contributed by atoms with Crippen molar-refractivity contribution in [3.8, 4) is 0 Å². The van der Waals surface area contributed by atoms with E-state index in [1.165, 1.54) is 17.2 Å². The van der Waals surface area contributed by atoms with Crippen LogP contribution < -0.4 is 11.1 Å². The van der Waals surface area contributed by atoms with E-state index >= 15 is 0 Å². The van der Waals surface area contributed by atoms with E-state index in [0.717, 1.165) is 13.0 Å². The number of aliphatic hydroxyl groups is 2. The zero-order chi connectivity index (χ0) is 19.1. The topological polar surface area (TPSA) is 152 Å². The molecule has 5 atom stereocenters. The minimum atomic E-state index is -1.39. The Hall–Kier alpha value is -2.76. The SMILES string of the molecule is CN1C=C[C@@H](NC(=O)[C@H]2O[C@@H](n3cnc4c(N)ncnc43)[C@H](O)[C@@H]2O)CC1. The highest BCUT2D eigenvalue weighted by molar-refractivity contribution is 5.83. The summed E-state index contributed by atoms with van der Waals surface area (Å²) in [7, 11) is 1.95. The number of amides is 1. The van der Waals surface area contributed by atoms with Gasteiger partial charge in [0.2, 0.25) is 0 Å². The molecule has 5 N–H and O–H groups in total. The fourth-order valence-corrected chi connectivity index (χ4v) is 3.31. The summed E-state index contributed by atoms with van der Waals surface area (Å²) in [5.41, 5.74) is 6.47. The van der Waals surface area contributed by atoms with Crippen molar-refractivity contribution < 1.29 is 19.7 Å². The molecule has 1 fully saturated rings. The zero-order valence-electron chi connectivity index (χ0n) is 14.6. The Bertz CT molecular complexity index is 885. The van der Waals surface area contributed by atoms with Crippen LogP contribution in [0, 0.1) is 0 Å². The van der Waals surface area contributed by atoms with Crippen molar-refractivity contribution >= 4 is 22.9 Å². The van der Waals surface area contributed by atoms with Gasteiger partial charge in [-0.05, 0) is 18.7 Å². The number of fused-ring (bicyclic) bond motifs is 1. The number of hydrogen-bond acceptors (Lipinski definition) is 9. The van der Waals surface area contributed by atoms with Crippen molar-refractivity contribution in [3.05, 3.63) is 24.9 Å². The van der Waals surface area contributed by atoms with Gasteiger partial charge in [0.25, 0.3) is 5.91 Å². The third-order valence-corrected chi connectivity index (χ3v) is 4.85. The molecule has 0 bridgehead atoms. The molecule has 0 radical (unpaired) electrons. The van der Waals surface area contributed by atoms with Gasteiger partial charge in [0.1, 0.15) is 24.1 Å². The molecule has 4 heterocycles. The van der Waals surface area contributed by atoms with Gasteiger partial charge in [-0.2, -0.15) is 0 Å². The second kappa shape index (κ2) is 6.76. The first kappa shape index (κ1) is 17.6. The van der Waals surface area contributed by atoms with Crippen LogP contribution in [0.2, 0.25) is 0 Å². The largest absolute Gasteiger partial charge is 0.387 e. The standard InChI is InChI=1S/C16H21N7O4/c1-22-4-2-8(3-5-22)21-15(26)12-10(24)11(25)16(27-12)23-7-20-9-13(17)18-6-19-14(9)23/h2,4,6-8,10-12,16,24-25H,3,5H2,1H3,(H,21,26)(H2,17,18,19)/t8-,10+,11-,12+,16-/m1/s1. The Kier molecular flexibility index (Phi) is 4.42. The molecule has 0 saturated carbocycles. The monoisotopic (exact) mass is 375 g/mol. The molecular weight excluding hydrogens is 354 g/mol. The summed E-state index contributed by atoms with van der Waals surface area (Å²) in [5.74, 6) is -0.294. The maximum atomic E-state index is 12.6. The molecule has 0 spiro atoms. The first-order chi connectivity index (χ1) is 13.0. The van der Waals surface area contributed by atoms with Crippen LogP contribution in [0.15, 0.2) is 24.9 Å². The first-order valence-corrected chi connectivity index (χ1v) is 8.59. The van der Waals surface area contributed by atoms with E-state index in [9.17, 15) is 15.0 Å². The Morgan fingerprint density at radius 1 is 1.33 bits per heavy atom. The van der Waals surface area contributed by atoms with E-state index in [1.807, 2.05) is 24.2 Å². The Labute approximate surface area is 154 Å². The quantitative estimate of drug-likeness (QED) is 0.495. The van der Waals surface area contributed by atoms with Crippen molar-refractivity contribution in [3.63, 3.8) is 0 Å². The smallest absolute Gasteiger partial charge is 0.252 e. The van der Waals surface area contributed by atoms with Gasteiger partial charge in [0.15, 0.2) is 23.8 Å². The van der Waals surface area contributed by atoms with Crippen LogP contribution in [0.4, 0.5) is 5.82 Å². The summed E-state index contributed by atoms with van der Waals surface area (Å²) in [4.78, 5) is 26.7. The molecule has 4 rings (SSSR count). The number of carbonyl (C=O) groups is 1.